The minimum Gasteiger partial charge on any atom is -0.485 e. The average molecular weight is 292 g/mol. The van der Waals surface area contributed by atoms with Crippen LogP contribution in [0.1, 0.15) is 10.4 Å². The van der Waals surface area contributed by atoms with Crippen molar-refractivity contribution in [3.63, 3.8) is 0 Å². The predicted octanol–water partition coefficient (Wildman–Crippen LogP) is 3.80. The number of hydrogen-bond acceptors (Lipinski definition) is 2. The van der Waals surface area contributed by atoms with E-state index >= 15 is 0 Å². The standard InChI is InChI=1S/C15H9Cl2O2/c16-8-3-5-15(6-4-8)12-13(18)10-7-9(17)1-2-11(10)19-14(12)15/h1-7,12,14H/q+1/t12-,14+/m0/s1. The largest absolute Gasteiger partial charge is 0.485 e. The average Bonchev–Trinajstić information content (AvgIpc) is 3.02. The Bertz CT molecular complexity index is 634. The fourth-order valence-electron chi connectivity index (χ4n) is 2.98. The molecule has 1 aliphatic heterocycles. The van der Waals surface area contributed by atoms with E-state index in [-0.39, 0.29) is 23.2 Å². The van der Waals surface area contributed by atoms with Crippen molar-refractivity contribution in [3.8, 4) is 5.75 Å². The second-order valence-corrected chi connectivity index (χ2v) is 5.95. The maximum absolute atomic E-state index is 12.5. The number of hydrogen-bond donors (Lipinski definition) is 0. The van der Waals surface area contributed by atoms with E-state index in [1.54, 1.807) is 18.2 Å². The molecule has 1 aromatic carbocycles. The van der Waals surface area contributed by atoms with Crippen LogP contribution in [-0.2, 0) is 0 Å². The number of carbonyl (C=O) groups is 1. The van der Waals surface area contributed by atoms with Gasteiger partial charge in [-0.25, -0.2) is 0 Å². The van der Waals surface area contributed by atoms with Gasteiger partial charge in [-0.3, -0.25) is 4.79 Å². The number of ether oxygens (including phenoxy) is 1. The summed E-state index contributed by atoms with van der Waals surface area (Å²) in [4.78, 5) is 12.5. The molecular weight excluding hydrogens is 283 g/mol. The Morgan fingerprint density at radius 3 is 2.74 bits per heavy atom. The van der Waals surface area contributed by atoms with Gasteiger partial charge in [-0.15, -0.1) is 0 Å². The number of rotatable bonds is 0. The first-order valence-corrected chi connectivity index (χ1v) is 6.79. The number of benzene rings is 1. The summed E-state index contributed by atoms with van der Waals surface area (Å²) >= 11 is 11.9. The summed E-state index contributed by atoms with van der Waals surface area (Å²) in [5.41, 5.74) is 0.245. The molecule has 1 spiro atoms. The molecule has 0 unspecified atom stereocenters. The number of ketones is 1. The fraction of sp³-hybridized carbons (Fsp3) is 0.200. The molecule has 1 aromatic rings. The van der Waals surface area contributed by atoms with E-state index in [1.807, 2.05) is 24.3 Å². The van der Waals surface area contributed by atoms with Crippen molar-refractivity contribution in [1.29, 1.82) is 0 Å². The Morgan fingerprint density at radius 2 is 2.00 bits per heavy atom. The number of fused-ring (bicyclic) bond motifs is 4. The van der Waals surface area contributed by atoms with Crippen LogP contribution < -0.4 is 4.74 Å². The summed E-state index contributed by atoms with van der Waals surface area (Å²) < 4.78 is 5.93. The van der Waals surface area contributed by atoms with Gasteiger partial charge in [0.25, 0.3) is 0 Å². The van der Waals surface area contributed by atoms with E-state index in [4.69, 9.17) is 27.9 Å². The molecule has 0 aromatic heterocycles. The number of allylic oxidation sites excluding steroid dienone is 2. The highest BCUT2D eigenvalue weighted by molar-refractivity contribution is 6.31. The summed E-state index contributed by atoms with van der Waals surface area (Å²) in [6.07, 6.45) is 7.47. The van der Waals surface area contributed by atoms with Gasteiger partial charge in [0.05, 0.1) is 17.7 Å². The van der Waals surface area contributed by atoms with E-state index in [0.29, 0.717) is 21.7 Å². The molecule has 0 bridgehead atoms. The van der Waals surface area contributed by atoms with Crippen molar-refractivity contribution < 1.29 is 9.53 Å². The Labute approximate surface area is 120 Å². The van der Waals surface area contributed by atoms with Crippen LogP contribution in [-0.4, -0.2) is 11.9 Å². The van der Waals surface area contributed by atoms with Crippen molar-refractivity contribution in [1.82, 2.24) is 0 Å². The molecule has 4 rings (SSSR count). The van der Waals surface area contributed by atoms with Gasteiger partial charge < -0.3 is 4.74 Å². The van der Waals surface area contributed by atoms with Crippen LogP contribution in [0, 0.1) is 16.7 Å². The number of halogens is 2. The van der Waals surface area contributed by atoms with Gasteiger partial charge in [0.1, 0.15) is 28.6 Å². The lowest BCUT2D eigenvalue weighted by atomic mass is 9.94. The molecule has 2 aliphatic carbocycles. The zero-order valence-electron chi connectivity index (χ0n) is 9.77. The van der Waals surface area contributed by atoms with Crippen molar-refractivity contribution in [2.45, 2.75) is 6.10 Å². The summed E-state index contributed by atoms with van der Waals surface area (Å²) in [5.74, 6) is 0.562. The van der Waals surface area contributed by atoms with Crippen molar-refractivity contribution in [3.05, 3.63) is 58.5 Å². The Hall–Kier alpha value is -1.38. The molecule has 19 heavy (non-hydrogen) atoms. The normalized spacial score (nSPS) is 28.9. The molecule has 1 heterocycles. The smallest absolute Gasteiger partial charge is 0.177 e. The zero-order valence-corrected chi connectivity index (χ0v) is 11.3. The lowest BCUT2D eigenvalue weighted by Crippen LogP contribution is -2.17. The molecule has 0 saturated heterocycles. The topological polar surface area (TPSA) is 26.3 Å². The minimum absolute atomic E-state index is 0.0982. The molecule has 1 fully saturated rings. The van der Waals surface area contributed by atoms with Gasteiger partial charge in [-0.05, 0) is 29.8 Å². The monoisotopic (exact) mass is 291 g/mol. The highest BCUT2D eigenvalue weighted by Gasteiger charge is 2.74. The van der Waals surface area contributed by atoms with Gasteiger partial charge in [-0.2, -0.15) is 0 Å². The van der Waals surface area contributed by atoms with Crippen LogP contribution in [0.5, 0.6) is 5.75 Å². The third kappa shape index (κ3) is 1.44. The van der Waals surface area contributed by atoms with Crippen LogP contribution in [0.4, 0.5) is 0 Å². The fourth-order valence-corrected chi connectivity index (χ4v) is 3.28. The van der Waals surface area contributed by atoms with Crippen LogP contribution in [0.3, 0.4) is 0 Å². The highest BCUT2D eigenvalue weighted by atomic mass is 35.5. The van der Waals surface area contributed by atoms with Crippen LogP contribution >= 0.6 is 23.2 Å². The molecule has 1 saturated carbocycles. The molecule has 0 radical (unpaired) electrons. The van der Waals surface area contributed by atoms with Gasteiger partial charge in [0.15, 0.2) is 5.78 Å². The van der Waals surface area contributed by atoms with E-state index in [0.717, 1.165) is 0 Å². The number of carbonyl (C=O) groups excluding carboxylic acids is 1. The molecule has 0 N–H and O–H groups in total. The van der Waals surface area contributed by atoms with E-state index in [1.165, 1.54) is 0 Å². The van der Waals surface area contributed by atoms with Gasteiger partial charge >= 0.3 is 0 Å². The maximum atomic E-state index is 12.5. The van der Waals surface area contributed by atoms with Crippen molar-refractivity contribution >= 4 is 29.0 Å². The number of Topliss-reactive ketones (excluding diaryl/α,β-unsaturated/α-hetero) is 1. The quantitative estimate of drug-likeness (QED) is 0.680. The van der Waals surface area contributed by atoms with Crippen molar-refractivity contribution in [2.75, 3.05) is 0 Å². The molecule has 2 nitrogen and oxygen atoms in total. The van der Waals surface area contributed by atoms with Crippen LogP contribution in [0.25, 0.3) is 0 Å². The summed E-state index contributed by atoms with van der Waals surface area (Å²) in [6, 6.07) is 5.17. The predicted molar refractivity (Wildman–Crippen MR) is 73.5 cm³/mol. The van der Waals surface area contributed by atoms with Crippen molar-refractivity contribution in [2.24, 2.45) is 11.3 Å². The first kappa shape index (κ1) is 11.4. The van der Waals surface area contributed by atoms with Crippen LogP contribution in [0.2, 0.25) is 5.02 Å². The first-order chi connectivity index (χ1) is 9.12. The third-order valence-corrected chi connectivity index (χ3v) is 4.52. The highest BCUT2D eigenvalue weighted by Crippen LogP contribution is 2.62. The lowest BCUT2D eigenvalue weighted by molar-refractivity contribution is 0.0918. The Morgan fingerprint density at radius 1 is 1.26 bits per heavy atom. The van der Waals surface area contributed by atoms with Gasteiger partial charge in [-0.1, -0.05) is 11.6 Å². The summed E-state index contributed by atoms with van der Waals surface area (Å²) in [6.45, 7) is 0. The Balaban J connectivity index is 1.76. The Kier molecular flexibility index (Phi) is 2.16. The third-order valence-electron chi connectivity index (χ3n) is 4.03. The zero-order chi connectivity index (χ0) is 13.2. The molecule has 2 atom stereocenters. The van der Waals surface area contributed by atoms with Gasteiger partial charge in [0, 0.05) is 17.2 Å². The second kappa shape index (κ2) is 3.59. The first-order valence-electron chi connectivity index (χ1n) is 6.03. The van der Waals surface area contributed by atoms with E-state index in [2.05, 4.69) is 0 Å². The van der Waals surface area contributed by atoms with Crippen LogP contribution in [0.15, 0.2) is 42.5 Å². The van der Waals surface area contributed by atoms with E-state index < -0.39 is 0 Å². The molecular formula is C15H9Cl2O2+. The molecule has 0 amide bonds. The van der Waals surface area contributed by atoms with Gasteiger partial charge in [0.2, 0.25) is 0 Å². The SMILES string of the molecule is O=C1c2cc(Cl)ccc2O[C@@H]2[C@H]1C21C=C[C+](Cl)C=C1. The minimum atomic E-state index is -0.332. The second-order valence-electron chi connectivity index (χ2n) is 5.07. The molecule has 94 valence electrons. The van der Waals surface area contributed by atoms with E-state index in [9.17, 15) is 4.79 Å². The lowest BCUT2D eigenvalue weighted by Gasteiger charge is -2.14. The maximum Gasteiger partial charge on any atom is 0.177 e. The summed E-state index contributed by atoms with van der Waals surface area (Å²) in [5, 5.41) is 1.22. The molecule has 3 aliphatic rings. The summed E-state index contributed by atoms with van der Waals surface area (Å²) in [7, 11) is 0. The molecule has 4 heteroatoms.